The minimum Gasteiger partial charge on any atom is -0.409 e. The molecule has 4 N–H and O–H groups in total. The zero-order valence-corrected chi connectivity index (χ0v) is 13.4. The summed E-state index contributed by atoms with van der Waals surface area (Å²) in [6.07, 6.45) is 0. The van der Waals surface area contributed by atoms with Gasteiger partial charge >= 0.3 is 0 Å². The molecule has 0 aliphatic carbocycles. The molecule has 1 atom stereocenters. The van der Waals surface area contributed by atoms with Crippen LogP contribution in [0, 0.1) is 9.49 Å². The van der Waals surface area contributed by atoms with Crippen LogP contribution in [0.2, 0.25) is 5.02 Å². The van der Waals surface area contributed by atoms with Gasteiger partial charge in [0.05, 0.1) is 11.1 Å². The highest BCUT2D eigenvalue weighted by atomic mass is 127. The van der Waals surface area contributed by atoms with Crippen molar-refractivity contribution in [3.8, 4) is 0 Å². The number of amidine groups is 1. The minimum absolute atomic E-state index is 0.000768. The van der Waals surface area contributed by atoms with Gasteiger partial charge in [-0.05, 0) is 46.7 Å². The number of oxime groups is 1. The topological polar surface area (TPSA) is 87.7 Å². The molecule has 104 valence electrons. The van der Waals surface area contributed by atoms with E-state index in [1.54, 1.807) is 18.2 Å². The van der Waals surface area contributed by atoms with Gasteiger partial charge in [-0.15, -0.1) is 0 Å². The van der Waals surface area contributed by atoms with Crippen molar-refractivity contribution in [1.82, 2.24) is 5.32 Å². The van der Waals surface area contributed by atoms with Gasteiger partial charge in [0, 0.05) is 9.13 Å². The maximum Gasteiger partial charge on any atom is 0.251 e. The van der Waals surface area contributed by atoms with Gasteiger partial charge in [-0.25, -0.2) is 0 Å². The SMILES string of the molecule is CC(C)C(NC(=O)c1ccc(I)c(Cl)c1)/C(N)=N/O. The van der Waals surface area contributed by atoms with Crippen LogP contribution in [-0.2, 0) is 0 Å². The molecule has 5 nitrogen and oxygen atoms in total. The lowest BCUT2D eigenvalue weighted by Crippen LogP contribution is -2.47. The Morgan fingerprint density at radius 2 is 2.16 bits per heavy atom. The molecule has 7 heteroatoms. The number of nitrogens with zero attached hydrogens (tertiary/aromatic N) is 1. The number of nitrogens with one attached hydrogen (secondary N) is 1. The number of hydrogen-bond donors (Lipinski definition) is 3. The fourth-order valence-electron chi connectivity index (χ4n) is 1.51. The van der Waals surface area contributed by atoms with Gasteiger partial charge in [-0.3, -0.25) is 4.79 Å². The van der Waals surface area contributed by atoms with E-state index in [2.05, 4.69) is 33.1 Å². The fraction of sp³-hybridized carbons (Fsp3) is 0.333. The number of amides is 1. The molecule has 0 bridgehead atoms. The summed E-state index contributed by atoms with van der Waals surface area (Å²) >= 11 is 8.05. The predicted molar refractivity (Wildman–Crippen MR) is 83.7 cm³/mol. The van der Waals surface area contributed by atoms with Crippen LogP contribution in [0.5, 0.6) is 0 Å². The standard InChI is InChI=1S/C12H15ClIN3O2/c1-6(2)10(11(15)17-19)16-12(18)7-3-4-9(14)8(13)5-7/h3-6,10,19H,1-2H3,(H2,15,17)(H,16,18). The van der Waals surface area contributed by atoms with Crippen LogP contribution >= 0.6 is 34.2 Å². The maximum atomic E-state index is 12.1. The molecule has 0 saturated carbocycles. The first kappa shape index (κ1) is 16.0. The summed E-state index contributed by atoms with van der Waals surface area (Å²) in [6.45, 7) is 3.73. The van der Waals surface area contributed by atoms with E-state index >= 15 is 0 Å². The van der Waals surface area contributed by atoms with Gasteiger partial charge < -0.3 is 16.3 Å². The van der Waals surface area contributed by atoms with Crippen molar-refractivity contribution in [3.05, 3.63) is 32.4 Å². The van der Waals surface area contributed by atoms with E-state index in [1.165, 1.54) is 0 Å². The third-order valence-electron chi connectivity index (χ3n) is 2.57. The van der Waals surface area contributed by atoms with E-state index in [1.807, 2.05) is 13.8 Å². The van der Waals surface area contributed by atoms with E-state index in [0.717, 1.165) is 3.57 Å². The Bertz CT molecular complexity index is 506. The fourth-order valence-corrected chi connectivity index (χ4v) is 2.02. The predicted octanol–water partition coefficient (Wildman–Crippen LogP) is 2.45. The van der Waals surface area contributed by atoms with Crippen LogP contribution in [0.1, 0.15) is 24.2 Å². The quantitative estimate of drug-likeness (QED) is 0.241. The summed E-state index contributed by atoms with van der Waals surface area (Å²) in [5.41, 5.74) is 5.99. The molecular weight excluding hydrogens is 381 g/mol. The molecule has 0 aliphatic rings. The zero-order valence-electron chi connectivity index (χ0n) is 10.5. The van der Waals surface area contributed by atoms with Gasteiger partial charge in [-0.1, -0.05) is 30.6 Å². The summed E-state index contributed by atoms with van der Waals surface area (Å²) in [5, 5.41) is 14.9. The van der Waals surface area contributed by atoms with Crippen molar-refractivity contribution < 1.29 is 10.0 Å². The minimum atomic E-state index is -0.532. The van der Waals surface area contributed by atoms with E-state index in [-0.39, 0.29) is 17.7 Å². The highest BCUT2D eigenvalue weighted by Gasteiger charge is 2.21. The molecule has 0 heterocycles. The highest BCUT2D eigenvalue weighted by Crippen LogP contribution is 2.19. The molecule has 1 rings (SSSR count). The molecule has 1 unspecified atom stereocenters. The second kappa shape index (κ2) is 6.95. The number of hydrogen-bond acceptors (Lipinski definition) is 3. The Kier molecular flexibility index (Phi) is 5.86. The van der Waals surface area contributed by atoms with Crippen molar-refractivity contribution in [3.63, 3.8) is 0 Å². The van der Waals surface area contributed by atoms with Gasteiger partial charge in [0.15, 0.2) is 5.84 Å². The third-order valence-corrected chi connectivity index (χ3v) is 4.14. The van der Waals surface area contributed by atoms with Gasteiger partial charge in [0.1, 0.15) is 0 Å². The van der Waals surface area contributed by atoms with E-state index in [0.29, 0.717) is 10.6 Å². The average molecular weight is 396 g/mol. The number of nitrogens with two attached hydrogens (primary N) is 1. The molecule has 0 fully saturated rings. The van der Waals surface area contributed by atoms with E-state index in [4.69, 9.17) is 22.5 Å². The summed E-state index contributed by atoms with van der Waals surface area (Å²) in [5.74, 6) is -0.345. The second-order valence-electron chi connectivity index (χ2n) is 4.35. The Morgan fingerprint density at radius 1 is 1.53 bits per heavy atom. The van der Waals surface area contributed by atoms with Crippen molar-refractivity contribution in [2.24, 2.45) is 16.8 Å². The Morgan fingerprint density at radius 3 is 2.63 bits per heavy atom. The molecule has 1 aromatic carbocycles. The molecule has 0 spiro atoms. The number of halogens is 2. The third kappa shape index (κ3) is 4.24. The molecule has 0 radical (unpaired) electrons. The summed E-state index contributed by atoms with van der Waals surface area (Å²) in [7, 11) is 0. The van der Waals surface area contributed by atoms with Crippen LogP contribution in [0.15, 0.2) is 23.4 Å². The lowest BCUT2D eigenvalue weighted by atomic mass is 10.0. The second-order valence-corrected chi connectivity index (χ2v) is 5.92. The van der Waals surface area contributed by atoms with Crippen LogP contribution in [0.25, 0.3) is 0 Å². The van der Waals surface area contributed by atoms with Crippen LogP contribution < -0.4 is 11.1 Å². The summed E-state index contributed by atoms with van der Waals surface area (Å²) < 4.78 is 0.868. The molecule has 19 heavy (non-hydrogen) atoms. The smallest absolute Gasteiger partial charge is 0.251 e. The Balaban J connectivity index is 2.91. The summed E-state index contributed by atoms with van der Waals surface area (Å²) in [6, 6.07) is 4.48. The number of benzene rings is 1. The number of rotatable bonds is 4. The Hall–Kier alpha value is -1.02. The van der Waals surface area contributed by atoms with Gasteiger partial charge in [0.25, 0.3) is 5.91 Å². The van der Waals surface area contributed by atoms with Gasteiger partial charge in [0.2, 0.25) is 0 Å². The first-order valence-corrected chi connectivity index (χ1v) is 7.05. The highest BCUT2D eigenvalue weighted by molar-refractivity contribution is 14.1. The first-order valence-electron chi connectivity index (χ1n) is 5.60. The molecule has 1 aromatic rings. The largest absolute Gasteiger partial charge is 0.409 e. The molecule has 1 amide bonds. The monoisotopic (exact) mass is 395 g/mol. The molecular formula is C12H15ClIN3O2. The lowest BCUT2D eigenvalue weighted by molar-refractivity contribution is 0.0939. The van der Waals surface area contributed by atoms with Crippen LogP contribution in [-0.4, -0.2) is 23.0 Å². The molecule has 0 aromatic heterocycles. The number of carbonyl (C=O) groups is 1. The van der Waals surface area contributed by atoms with Crippen LogP contribution in [0.3, 0.4) is 0 Å². The van der Waals surface area contributed by atoms with E-state index in [9.17, 15) is 4.79 Å². The van der Waals surface area contributed by atoms with Crippen molar-refractivity contribution in [2.75, 3.05) is 0 Å². The maximum absolute atomic E-state index is 12.1. The normalized spacial score (nSPS) is 13.4. The molecule has 0 saturated heterocycles. The van der Waals surface area contributed by atoms with Crippen molar-refractivity contribution in [1.29, 1.82) is 0 Å². The average Bonchev–Trinajstić information content (AvgIpc) is 2.37. The van der Waals surface area contributed by atoms with Gasteiger partial charge in [-0.2, -0.15) is 0 Å². The molecule has 0 aliphatic heterocycles. The summed E-state index contributed by atoms with van der Waals surface area (Å²) in [4.78, 5) is 12.1. The first-order chi connectivity index (χ1) is 8.86. The van der Waals surface area contributed by atoms with Crippen molar-refractivity contribution >= 4 is 45.9 Å². The van der Waals surface area contributed by atoms with Crippen molar-refractivity contribution in [2.45, 2.75) is 19.9 Å². The zero-order chi connectivity index (χ0) is 14.6. The van der Waals surface area contributed by atoms with Crippen LogP contribution in [0.4, 0.5) is 0 Å². The lowest BCUT2D eigenvalue weighted by Gasteiger charge is -2.21. The Labute approximate surface area is 130 Å². The van der Waals surface area contributed by atoms with E-state index < -0.39 is 6.04 Å². The number of carbonyl (C=O) groups excluding carboxylic acids is 1.